The first kappa shape index (κ1) is 24.2. The minimum Gasteiger partial charge on any atom is -0.483 e. The third-order valence-corrected chi connectivity index (χ3v) is 6.68. The first-order valence-corrected chi connectivity index (χ1v) is 11.7. The molecule has 1 saturated carbocycles. The van der Waals surface area contributed by atoms with Gasteiger partial charge in [-0.15, -0.1) is 0 Å². The molecule has 1 nitrogen and oxygen atoms in total. The Morgan fingerprint density at radius 2 is 1.32 bits per heavy atom. The Bertz CT molecular complexity index is 1090. The fraction of sp³-hybridized carbons (Fsp3) is 0.357. The number of hydrogen-bond donors (Lipinski definition) is 0. The summed E-state index contributed by atoms with van der Waals surface area (Å²) in [5, 5.41) is 0. The highest BCUT2D eigenvalue weighted by Gasteiger charge is 2.22. The number of ether oxygens (including phenoxy) is 1. The molecular weight excluding hydrogens is 447 g/mol. The molecule has 0 N–H and O–H groups in total. The van der Waals surface area contributed by atoms with Gasteiger partial charge >= 0.3 is 0 Å². The standard InChI is InChI=1S/C28H27F5O/c1-2-3-17-4-6-19(7-5-17)20-8-10-21(11-9-20)22-14-25(31)28(26(32)15-22)34-16-18-12-23(29)27(33)24(30)13-18/h8-15,17,19H,2-7,16H2,1H3/t17-,19-. The Labute approximate surface area is 196 Å². The van der Waals surface area contributed by atoms with Crippen LogP contribution >= 0.6 is 0 Å². The molecule has 0 radical (unpaired) electrons. The molecular formula is C28H27F5O. The van der Waals surface area contributed by atoms with Gasteiger partial charge in [0.25, 0.3) is 0 Å². The highest BCUT2D eigenvalue weighted by molar-refractivity contribution is 5.65. The Morgan fingerprint density at radius 3 is 1.88 bits per heavy atom. The molecule has 3 aromatic carbocycles. The highest BCUT2D eigenvalue weighted by Crippen LogP contribution is 2.38. The van der Waals surface area contributed by atoms with Gasteiger partial charge in [0.15, 0.2) is 34.8 Å². The first-order valence-electron chi connectivity index (χ1n) is 11.7. The molecule has 0 aliphatic heterocycles. The van der Waals surface area contributed by atoms with E-state index in [2.05, 4.69) is 6.92 Å². The summed E-state index contributed by atoms with van der Waals surface area (Å²) in [6.07, 6.45) is 7.34. The number of rotatable bonds is 7. The minimum absolute atomic E-state index is 0.0846. The fourth-order valence-electron chi connectivity index (χ4n) is 4.85. The smallest absolute Gasteiger partial charge is 0.194 e. The zero-order chi connectivity index (χ0) is 24.2. The lowest BCUT2D eigenvalue weighted by atomic mass is 9.77. The van der Waals surface area contributed by atoms with Crippen LogP contribution < -0.4 is 4.74 Å². The van der Waals surface area contributed by atoms with E-state index in [0.29, 0.717) is 17.0 Å². The molecule has 4 rings (SSSR count). The SMILES string of the molecule is CCC[C@H]1CC[C@H](c2ccc(-c3cc(F)c(OCc4cc(F)c(F)c(F)c4)c(F)c3)cc2)CC1. The second kappa shape index (κ2) is 10.6. The summed E-state index contributed by atoms with van der Waals surface area (Å²) in [6, 6.07) is 11.6. The highest BCUT2D eigenvalue weighted by atomic mass is 19.2. The van der Waals surface area contributed by atoms with Gasteiger partial charge in [0.05, 0.1) is 0 Å². The van der Waals surface area contributed by atoms with E-state index in [1.54, 1.807) is 0 Å². The van der Waals surface area contributed by atoms with Gasteiger partial charge in [-0.05, 0) is 84.0 Å². The Morgan fingerprint density at radius 1 is 0.735 bits per heavy atom. The van der Waals surface area contributed by atoms with Crippen molar-refractivity contribution in [2.45, 2.75) is 58.0 Å². The molecule has 0 spiro atoms. The van der Waals surface area contributed by atoms with Gasteiger partial charge in [-0.2, -0.15) is 0 Å². The van der Waals surface area contributed by atoms with Crippen molar-refractivity contribution in [2.75, 3.05) is 0 Å². The van der Waals surface area contributed by atoms with Gasteiger partial charge < -0.3 is 4.74 Å². The molecule has 0 aromatic heterocycles. The summed E-state index contributed by atoms with van der Waals surface area (Å²) in [6.45, 7) is 1.71. The van der Waals surface area contributed by atoms with Gasteiger partial charge in [0.2, 0.25) is 0 Å². The third-order valence-electron chi connectivity index (χ3n) is 6.68. The quantitative estimate of drug-likeness (QED) is 0.246. The van der Waals surface area contributed by atoms with Crippen LogP contribution in [0.5, 0.6) is 5.75 Å². The van der Waals surface area contributed by atoms with Crippen molar-refractivity contribution in [2.24, 2.45) is 5.92 Å². The van der Waals surface area contributed by atoms with Crippen LogP contribution in [0.15, 0.2) is 48.5 Å². The van der Waals surface area contributed by atoms with Crippen molar-refractivity contribution in [3.05, 3.63) is 88.7 Å². The second-order valence-corrected chi connectivity index (χ2v) is 9.06. The number of halogens is 5. The zero-order valence-corrected chi connectivity index (χ0v) is 19.0. The summed E-state index contributed by atoms with van der Waals surface area (Å²) in [4.78, 5) is 0. The molecule has 1 aliphatic rings. The van der Waals surface area contributed by atoms with E-state index in [1.165, 1.54) is 44.1 Å². The van der Waals surface area contributed by atoms with E-state index in [-0.39, 0.29) is 5.56 Å². The van der Waals surface area contributed by atoms with E-state index in [4.69, 9.17) is 4.74 Å². The molecule has 1 fully saturated rings. The van der Waals surface area contributed by atoms with E-state index in [0.717, 1.165) is 30.2 Å². The van der Waals surface area contributed by atoms with Crippen LogP contribution in [0.25, 0.3) is 11.1 Å². The molecule has 0 heterocycles. The predicted octanol–water partition coefficient (Wildman–Crippen LogP) is 8.70. The van der Waals surface area contributed by atoms with Gasteiger partial charge in [-0.25, -0.2) is 22.0 Å². The summed E-state index contributed by atoms with van der Waals surface area (Å²) >= 11 is 0. The molecule has 0 atom stereocenters. The van der Waals surface area contributed by atoms with E-state index < -0.39 is 41.4 Å². The van der Waals surface area contributed by atoms with Crippen molar-refractivity contribution in [1.82, 2.24) is 0 Å². The maximum Gasteiger partial charge on any atom is 0.194 e. The predicted molar refractivity (Wildman–Crippen MR) is 122 cm³/mol. The van der Waals surface area contributed by atoms with Crippen molar-refractivity contribution in [1.29, 1.82) is 0 Å². The van der Waals surface area contributed by atoms with Crippen molar-refractivity contribution in [3.8, 4) is 16.9 Å². The van der Waals surface area contributed by atoms with Crippen LogP contribution in [0.3, 0.4) is 0 Å². The third kappa shape index (κ3) is 5.43. The van der Waals surface area contributed by atoms with Gasteiger partial charge in [0, 0.05) is 0 Å². The van der Waals surface area contributed by atoms with Gasteiger partial charge in [-0.3, -0.25) is 0 Å². The molecule has 1 aliphatic carbocycles. The van der Waals surface area contributed by atoms with E-state index in [9.17, 15) is 22.0 Å². The lowest BCUT2D eigenvalue weighted by Crippen LogP contribution is -2.13. The fourth-order valence-corrected chi connectivity index (χ4v) is 4.85. The molecule has 0 bridgehead atoms. The maximum atomic E-state index is 14.6. The number of hydrogen-bond acceptors (Lipinski definition) is 1. The monoisotopic (exact) mass is 474 g/mol. The normalized spacial score (nSPS) is 18.2. The van der Waals surface area contributed by atoms with Crippen LogP contribution in [0.1, 0.15) is 62.5 Å². The minimum atomic E-state index is -1.61. The first-order chi connectivity index (χ1) is 16.4. The Balaban J connectivity index is 1.44. The largest absolute Gasteiger partial charge is 0.483 e. The average molecular weight is 475 g/mol. The van der Waals surface area contributed by atoms with Crippen LogP contribution in [0.4, 0.5) is 22.0 Å². The molecule has 0 saturated heterocycles. The van der Waals surface area contributed by atoms with Gasteiger partial charge in [0.1, 0.15) is 6.61 Å². The molecule has 180 valence electrons. The number of benzene rings is 3. The van der Waals surface area contributed by atoms with Crippen LogP contribution in [-0.2, 0) is 6.61 Å². The summed E-state index contributed by atoms with van der Waals surface area (Å²) < 4.78 is 74.1. The van der Waals surface area contributed by atoms with Crippen molar-refractivity contribution >= 4 is 0 Å². The zero-order valence-electron chi connectivity index (χ0n) is 19.0. The summed E-state index contributed by atoms with van der Waals surface area (Å²) in [7, 11) is 0. The topological polar surface area (TPSA) is 9.23 Å². The maximum absolute atomic E-state index is 14.6. The molecule has 0 amide bonds. The Kier molecular flexibility index (Phi) is 7.54. The second-order valence-electron chi connectivity index (χ2n) is 9.06. The van der Waals surface area contributed by atoms with Crippen molar-refractivity contribution in [3.63, 3.8) is 0 Å². The molecule has 6 heteroatoms. The van der Waals surface area contributed by atoms with Gasteiger partial charge in [-0.1, -0.05) is 44.0 Å². The Hall–Kier alpha value is -2.89. The van der Waals surface area contributed by atoms with Crippen molar-refractivity contribution < 1.29 is 26.7 Å². The molecule has 34 heavy (non-hydrogen) atoms. The summed E-state index contributed by atoms with van der Waals surface area (Å²) in [5.41, 5.74) is 2.20. The lowest BCUT2D eigenvalue weighted by molar-refractivity contribution is 0.272. The molecule has 3 aromatic rings. The van der Waals surface area contributed by atoms with Crippen LogP contribution in [-0.4, -0.2) is 0 Å². The molecule has 0 unspecified atom stereocenters. The van der Waals surface area contributed by atoms with Crippen LogP contribution in [0.2, 0.25) is 0 Å². The van der Waals surface area contributed by atoms with Crippen LogP contribution in [0, 0.1) is 35.0 Å². The average Bonchev–Trinajstić information content (AvgIpc) is 2.82. The van der Waals surface area contributed by atoms with E-state index in [1.807, 2.05) is 24.3 Å². The summed E-state index contributed by atoms with van der Waals surface area (Å²) in [5.74, 6) is -5.58. The lowest BCUT2D eigenvalue weighted by Gasteiger charge is -2.28. The van der Waals surface area contributed by atoms with E-state index >= 15 is 0 Å².